The number of fused-ring (bicyclic) bond motifs is 1. The molecule has 1 heterocycles. The van der Waals surface area contributed by atoms with Crippen LogP contribution in [0.5, 0.6) is 0 Å². The Labute approximate surface area is 127 Å². The first-order valence-corrected chi connectivity index (χ1v) is 7.29. The van der Waals surface area contributed by atoms with Crippen LogP contribution in [0.2, 0.25) is 0 Å². The van der Waals surface area contributed by atoms with Crippen LogP contribution in [0.1, 0.15) is 12.5 Å². The molecule has 0 aliphatic rings. The minimum Gasteiger partial charge on any atom is -0.370 e. The molecule has 106 valence electrons. The Hall–Kier alpha value is -1.75. The van der Waals surface area contributed by atoms with Crippen LogP contribution in [-0.4, -0.2) is 24.0 Å². The number of guanidine groups is 1. The third-order valence-electron chi connectivity index (χ3n) is 2.95. The fraction of sp³-hybridized carbons (Fsp3) is 0.267. The summed E-state index contributed by atoms with van der Waals surface area (Å²) in [6.45, 7) is 7.05. The summed E-state index contributed by atoms with van der Waals surface area (Å²) in [6.07, 6.45) is 2.93. The highest BCUT2D eigenvalue weighted by molar-refractivity contribution is 9.10. The molecule has 4 N–H and O–H groups in total. The van der Waals surface area contributed by atoms with Gasteiger partial charge in [0.15, 0.2) is 5.96 Å². The molecule has 0 saturated heterocycles. The molecule has 4 nitrogen and oxygen atoms in total. The SMILES string of the molecule is C=C(C)CN=C(N)NCCc1c[nH]c2ccc(Br)cc12. The first-order valence-electron chi connectivity index (χ1n) is 6.50. The van der Waals surface area contributed by atoms with E-state index in [9.17, 15) is 0 Å². The number of aromatic amines is 1. The van der Waals surface area contributed by atoms with Crippen molar-refractivity contribution >= 4 is 32.8 Å². The zero-order chi connectivity index (χ0) is 14.5. The first-order chi connectivity index (χ1) is 9.56. The van der Waals surface area contributed by atoms with Crippen LogP contribution >= 0.6 is 15.9 Å². The van der Waals surface area contributed by atoms with Crippen molar-refractivity contribution in [3.63, 3.8) is 0 Å². The summed E-state index contributed by atoms with van der Waals surface area (Å²) < 4.78 is 1.08. The number of halogens is 1. The number of hydrogen-bond donors (Lipinski definition) is 3. The molecule has 0 amide bonds. The molecule has 2 rings (SSSR count). The maximum atomic E-state index is 5.78. The Morgan fingerprint density at radius 2 is 2.30 bits per heavy atom. The summed E-state index contributed by atoms with van der Waals surface area (Å²) in [5.41, 5.74) is 9.19. The largest absolute Gasteiger partial charge is 0.370 e. The second kappa shape index (κ2) is 6.61. The highest BCUT2D eigenvalue weighted by Gasteiger charge is 2.04. The molecule has 0 atom stereocenters. The molecule has 2 aromatic rings. The minimum absolute atomic E-state index is 0.467. The van der Waals surface area contributed by atoms with Gasteiger partial charge >= 0.3 is 0 Å². The molecule has 1 aromatic heterocycles. The van der Waals surface area contributed by atoms with Gasteiger partial charge in [-0.1, -0.05) is 28.1 Å². The van der Waals surface area contributed by atoms with E-state index in [4.69, 9.17) is 5.73 Å². The molecule has 0 aliphatic heterocycles. The van der Waals surface area contributed by atoms with Gasteiger partial charge in [0, 0.05) is 28.1 Å². The number of nitrogens with zero attached hydrogens (tertiary/aromatic N) is 1. The van der Waals surface area contributed by atoms with Crippen LogP contribution in [-0.2, 0) is 6.42 Å². The summed E-state index contributed by atoms with van der Waals surface area (Å²) in [7, 11) is 0. The normalized spacial score (nSPS) is 11.8. The maximum Gasteiger partial charge on any atom is 0.188 e. The Balaban J connectivity index is 1.94. The van der Waals surface area contributed by atoms with Crippen molar-refractivity contribution in [2.75, 3.05) is 13.1 Å². The summed E-state index contributed by atoms with van der Waals surface area (Å²) in [6, 6.07) is 6.22. The van der Waals surface area contributed by atoms with Crippen LogP contribution in [0, 0.1) is 0 Å². The van der Waals surface area contributed by atoms with Gasteiger partial charge < -0.3 is 16.0 Å². The van der Waals surface area contributed by atoms with Gasteiger partial charge in [0.2, 0.25) is 0 Å². The highest BCUT2D eigenvalue weighted by Crippen LogP contribution is 2.22. The van der Waals surface area contributed by atoms with Gasteiger partial charge in [-0.25, -0.2) is 4.99 Å². The maximum absolute atomic E-state index is 5.78. The molecule has 0 spiro atoms. The molecule has 1 aromatic carbocycles. The average molecular weight is 335 g/mol. The third kappa shape index (κ3) is 3.87. The van der Waals surface area contributed by atoms with Crippen molar-refractivity contribution in [3.05, 3.63) is 46.6 Å². The smallest absolute Gasteiger partial charge is 0.188 e. The standard InChI is InChI=1S/C15H19BrN4/c1-10(2)8-20-15(17)18-6-5-11-9-19-14-4-3-12(16)7-13(11)14/h3-4,7,9,19H,1,5-6,8H2,2H3,(H3,17,18,20). The van der Waals surface area contributed by atoms with Crippen molar-refractivity contribution < 1.29 is 0 Å². The van der Waals surface area contributed by atoms with Crippen LogP contribution in [0.3, 0.4) is 0 Å². The van der Waals surface area contributed by atoms with Crippen molar-refractivity contribution in [3.8, 4) is 0 Å². The van der Waals surface area contributed by atoms with Crippen molar-refractivity contribution in [2.24, 2.45) is 10.7 Å². The molecule has 5 heteroatoms. The lowest BCUT2D eigenvalue weighted by atomic mass is 10.1. The van der Waals surface area contributed by atoms with Crippen molar-refractivity contribution in [2.45, 2.75) is 13.3 Å². The van der Waals surface area contributed by atoms with E-state index in [2.05, 4.69) is 49.9 Å². The number of aromatic nitrogens is 1. The van der Waals surface area contributed by atoms with E-state index < -0.39 is 0 Å². The number of nitrogens with two attached hydrogens (primary N) is 1. The van der Waals surface area contributed by atoms with E-state index in [-0.39, 0.29) is 0 Å². The van der Waals surface area contributed by atoms with E-state index in [1.54, 1.807) is 0 Å². The number of nitrogens with one attached hydrogen (secondary N) is 2. The van der Waals surface area contributed by atoms with Crippen LogP contribution in [0.15, 0.2) is 46.0 Å². The van der Waals surface area contributed by atoms with Crippen LogP contribution in [0.25, 0.3) is 10.9 Å². The van der Waals surface area contributed by atoms with Gasteiger partial charge in [-0.3, -0.25) is 0 Å². The lowest BCUT2D eigenvalue weighted by Gasteiger charge is -2.05. The van der Waals surface area contributed by atoms with Gasteiger partial charge in [0.05, 0.1) is 6.54 Å². The summed E-state index contributed by atoms with van der Waals surface area (Å²) in [5, 5.41) is 4.35. The zero-order valence-electron chi connectivity index (χ0n) is 11.5. The van der Waals surface area contributed by atoms with Gasteiger partial charge in [-0.15, -0.1) is 0 Å². The highest BCUT2D eigenvalue weighted by atomic mass is 79.9. The molecule has 0 radical (unpaired) electrons. The van der Waals surface area contributed by atoms with Crippen LogP contribution < -0.4 is 11.1 Å². The monoisotopic (exact) mass is 334 g/mol. The molecule has 0 unspecified atom stereocenters. The van der Waals surface area contributed by atoms with Gasteiger partial charge in [0.25, 0.3) is 0 Å². The minimum atomic E-state index is 0.467. The number of aliphatic imine (C=N–C) groups is 1. The molecule has 0 fully saturated rings. The van der Waals surface area contributed by atoms with E-state index in [1.165, 1.54) is 10.9 Å². The van der Waals surface area contributed by atoms with E-state index in [1.807, 2.05) is 19.2 Å². The molecular weight excluding hydrogens is 316 g/mol. The summed E-state index contributed by atoms with van der Waals surface area (Å²) in [5.74, 6) is 0.467. The number of H-pyrrole nitrogens is 1. The van der Waals surface area contributed by atoms with E-state index >= 15 is 0 Å². The second-order valence-electron chi connectivity index (χ2n) is 4.84. The predicted octanol–water partition coefficient (Wildman–Crippen LogP) is 2.95. The van der Waals surface area contributed by atoms with E-state index in [0.717, 1.165) is 28.5 Å². The summed E-state index contributed by atoms with van der Waals surface area (Å²) >= 11 is 3.50. The lowest BCUT2D eigenvalue weighted by Crippen LogP contribution is -2.33. The van der Waals surface area contributed by atoms with Crippen LogP contribution in [0.4, 0.5) is 0 Å². The van der Waals surface area contributed by atoms with Gasteiger partial charge in [-0.2, -0.15) is 0 Å². The number of rotatable bonds is 5. The third-order valence-corrected chi connectivity index (χ3v) is 3.44. The van der Waals surface area contributed by atoms with Crippen molar-refractivity contribution in [1.29, 1.82) is 0 Å². The predicted molar refractivity (Wildman–Crippen MR) is 89.0 cm³/mol. The Morgan fingerprint density at radius 1 is 1.50 bits per heavy atom. The summed E-state index contributed by atoms with van der Waals surface area (Å²) in [4.78, 5) is 7.46. The first kappa shape index (κ1) is 14.7. The zero-order valence-corrected chi connectivity index (χ0v) is 13.1. The number of hydrogen-bond acceptors (Lipinski definition) is 1. The Kier molecular flexibility index (Phi) is 4.84. The number of benzene rings is 1. The average Bonchev–Trinajstić information content (AvgIpc) is 2.79. The molecule has 0 aliphatic carbocycles. The molecule has 0 bridgehead atoms. The topological polar surface area (TPSA) is 66.2 Å². The Morgan fingerprint density at radius 3 is 3.05 bits per heavy atom. The fourth-order valence-electron chi connectivity index (χ4n) is 1.96. The van der Waals surface area contributed by atoms with Gasteiger partial charge in [-0.05, 0) is 37.1 Å². The fourth-order valence-corrected chi connectivity index (χ4v) is 2.32. The quantitative estimate of drug-likeness (QED) is 0.447. The van der Waals surface area contributed by atoms with Gasteiger partial charge in [0.1, 0.15) is 0 Å². The van der Waals surface area contributed by atoms with E-state index in [0.29, 0.717) is 12.5 Å². The molecule has 20 heavy (non-hydrogen) atoms. The second-order valence-corrected chi connectivity index (χ2v) is 5.75. The molecular formula is C15H19BrN4. The van der Waals surface area contributed by atoms with Crippen molar-refractivity contribution in [1.82, 2.24) is 10.3 Å². The molecule has 0 saturated carbocycles. The lowest BCUT2D eigenvalue weighted by molar-refractivity contribution is 0.856. The Bertz CT molecular complexity index is 642.